The molecule has 0 unspecified atom stereocenters. The zero-order valence-corrected chi connectivity index (χ0v) is 17.7. The first-order valence-electron chi connectivity index (χ1n) is 9.69. The molecule has 1 N–H and O–H groups in total. The lowest BCUT2D eigenvalue weighted by atomic mass is 10.0. The van der Waals surface area contributed by atoms with Crippen LogP contribution in [0.25, 0.3) is 5.69 Å². The van der Waals surface area contributed by atoms with Gasteiger partial charge in [-0.15, -0.1) is 0 Å². The van der Waals surface area contributed by atoms with Crippen LogP contribution in [0.4, 0.5) is 4.39 Å². The summed E-state index contributed by atoms with van der Waals surface area (Å²) in [6.45, 7) is 4.12. The van der Waals surface area contributed by atoms with Crippen LogP contribution in [0.3, 0.4) is 0 Å². The molecule has 0 saturated heterocycles. The summed E-state index contributed by atoms with van der Waals surface area (Å²) in [5.74, 6) is -0.718. The molecule has 3 rings (SSSR count). The minimum absolute atomic E-state index is 0.00300. The van der Waals surface area contributed by atoms with Crippen LogP contribution in [0.2, 0.25) is 0 Å². The summed E-state index contributed by atoms with van der Waals surface area (Å²) in [5, 5.41) is 7.08. The van der Waals surface area contributed by atoms with Gasteiger partial charge in [0.05, 0.1) is 33.8 Å². The number of amides is 1. The monoisotopic (exact) mass is 429 g/mol. The van der Waals surface area contributed by atoms with Crippen molar-refractivity contribution in [1.29, 1.82) is 0 Å². The molecule has 0 fully saturated rings. The van der Waals surface area contributed by atoms with Gasteiger partial charge in [-0.05, 0) is 48.7 Å². The van der Waals surface area contributed by atoms with E-state index in [2.05, 4.69) is 10.4 Å². The van der Waals surface area contributed by atoms with Crippen molar-refractivity contribution in [3.8, 4) is 5.69 Å². The molecule has 30 heavy (non-hydrogen) atoms. The highest BCUT2D eigenvalue weighted by Gasteiger charge is 2.21. The Morgan fingerprint density at radius 1 is 1.10 bits per heavy atom. The fraction of sp³-hybridized carbons (Fsp3) is 0.273. The number of benzene rings is 2. The second-order valence-corrected chi connectivity index (χ2v) is 9.34. The minimum Gasteiger partial charge on any atom is -0.352 e. The Kier molecular flexibility index (Phi) is 6.66. The quantitative estimate of drug-likeness (QED) is 0.553. The van der Waals surface area contributed by atoms with E-state index in [0.29, 0.717) is 23.4 Å². The summed E-state index contributed by atoms with van der Waals surface area (Å²) in [6, 6.07) is 14.1. The van der Waals surface area contributed by atoms with Gasteiger partial charge in [0, 0.05) is 6.54 Å². The molecule has 0 radical (unpaired) electrons. The van der Waals surface area contributed by atoms with E-state index >= 15 is 0 Å². The number of hydrogen-bond donors (Lipinski definition) is 1. The molecular weight excluding hydrogens is 405 g/mol. The molecule has 158 valence electrons. The van der Waals surface area contributed by atoms with Crippen molar-refractivity contribution >= 4 is 15.7 Å². The van der Waals surface area contributed by atoms with Crippen molar-refractivity contribution < 1.29 is 17.6 Å². The van der Waals surface area contributed by atoms with Gasteiger partial charge in [0.2, 0.25) is 0 Å². The minimum atomic E-state index is -3.38. The standard InChI is InChI=1S/C22H24FN3O3S/c1-16(2)21-20(15-25-26(21)18-11-9-17(23)10-12-18)22(27)24-13-6-14-30(28,29)19-7-4-3-5-8-19/h3-5,7-12,15-16H,6,13-14H2,1-2H3,(H,24,27). The van der Waals surface area contributed by atoms with Gasteiger partial charge in [0.15, 0.2) is 9.84 Å². The van der Waals surface area contributed by atoms with Gasteiger partial charge in [0.1, 0.15) is 5.82 Å². The molecule has 1 amide bonds. The number of nitrogens with one attached hydrogen (secondary N) is 1. The molecule has 0 aliphatic heterocycles. The Hall–Kier alpha value is -3.00. The largest absolute Gasteiger partial charge is 0.352 e. The number of nitrogens with zero attached hydrogens (tertiary/aromatic N) is 2. The lowest BCUT2D eigenvalue weighted by Crippen LogP contribution is -2.27. The van der Waals surface area contributed by atoms with E-state index in [0.717, 1.165) is 0 Å². The van der Waals surface area contributed by atoms with E-state index in [1.165, 1.54) is 18.3 Å². The summed E-state index contributed by atoms with van der Waals surface area (Å²) in [6.07, 6.45) is 1.78. The third kappa shape index (κ3) is 4.94. The molecule has 3 aromatic rings. The Balaban J connectivity index is 1.66. The van der Waals surface area contributed by atoms with Crippen molar-refractivity contribution in [3.63, 3.8) is 0 Å². The molecule has 2 aromatic carbocycles. The highest BCUT2D eigenvalue weighted by atomic mass is 32.2. The van der Waals surface area contributed by atoms with Gasteiger partial charge >= 0.3 is 0 Å². The second-order valence-electron chi connectivity index (χ2n) is 7.23. The fourth-order valence-electron chi connectivity index (χ4n) is 3.18. The molecular formula is C22H24FN3O3S. The van der Waals surface area contributed by atoms with Crippen molar-refractivity contribution in [2.24, 2.45) is 0 Å². The van der Waals surface area contributed by atoms with E-state index in [-0.39, 0.29) is 34.8 Å². The molecule has 0 bridgehead atoms. The highest BCUT2D eigenvalue weighted by molar-refractivity contribution is 7.91. The predicted octanol–water partition coefficient (Wildman–Crippen LogP) is 3.73. The molecule has 1 heterocycles. The molecule has 0 aliphatic carbocycles. The molecule has 1 aromatic heterocycles. The van der Waals surface area contributed by atoms with Crippen LogP contribution in [-0.4, -0.2) is 36.4 Å². The number of carbonyl (C=O) groups excluding carboxylic acids is 1. The lowest BCUT2D eigenvalue weighted by Gasteiger charge is -2.13. The van der Waals surface area contributed by atoms with E-state index < -0.39 is 9.84 Å². The predicted molar refractivity (Wildman–Crippen MR) is 113 cm³/mol. The van der Waals surface area contributed by atoms with Crippen LogP contribution < -0.4 is 5.32 Å². The van der Waals surface area contributed by atoms with Crippen molar-refractivity contribution in [1.82, 2.24) is 15.1 Å². The lowest BCUT2D eigenvalue weighted by molar-refractivity contribution is 0.0952. The first kappa shape index (κ1) is 21.7. The van der Waals surface area contributed by atoms with E-state index in [4.69, 9.17) is 0 Å². The van der Waals surface area contributed by atoms with Gasteiger partial charge in [0.25, 0.3) is 5.91 Å². The summed E-state index contributed by atoms with van der Waals surface area (Å²) >= 11 is 0. The van der Waals surface area contributed by atoms with Crippen molar-refractivity contribution in [2.75, 3.05) is 12.3 Å². The van der Waals surface area contributed by atoms with Crippen LogP contribution >= 0.6 is 0 Å². The number of hydrogen-bond acceptors (Lipinski definition) is 4. The molecule has 8 heteroatoms. The van der Waals surface area contributed by atoms with Crippen LogP contribution in [0.15, 0.2) is 65.7 Å². The number of aromatic nitrogens is 2. The van der Waals surface area contributed by atoms with E-state index in [1.54, 1.807) is 47.1 Å². The van der Waals surface area contributed by atoms with Gasteiger partial charge in [-0.1, -0.05) is 32.0 Å². The summed E-state index contributed by atoms with van der Waals surface area (Å²) in [4.78, 5) is 13.0. The Bertz CT molecular complexity index is 1110. The molecule has 0 saturated carbocycles. The average molecular weight is 430 g/mol. The maximum Gasteiger partial charge on any atom is 0.254 e. The normalized spacial score (nSPS) is 11.6. The summed E-state index contributed by atoms with van der Waals surface area (Å²) < 4.78 is 39.5. The van der Waals surface area contributed by atoms with E-state index in [9.17, 15) is 17.6 Å². The first-order valence-corrected chi connectivity index (χ1v) is 11.3. The average Bonchev–Trinajstić information content (AvgIpc) is 3.18. The maximum absolute atomic E-state index is 13.2. The van der Waals surface area contributed by atoms with Gasteiger partial charge in [-0.3, -0.25) is 4.79 Å². The molecule has 0 spiro atoms. The van der Waals surface area contributed by atoms with Gasteiger partial charge in [-0.2, -0.15) is 5.10 Å². The van der Waals surface area contributed by atoms with Crippen molar-refractivity contribution in [3.05, 3.63) is 77.9 Å². The number of halogens is 1. The topological polar surface area (TPSA) is 81.1 Å². The first-order chi connectivity index (χ1) is 14.3. The summed E-state index contributed by atoms with van der Waals surface area (Å²) in [5.41, 5.74) is 1.78. The Morgan fingerprint density at radius 2 is 1.77 bits per heavy atom. The van der Waals surface area contributed by atoms with Crippen LogP contribution in [0, 0.1) is 5.82 Å². The van der Waals surface area contributed by atoms with Gasteiger partial charge in [-0.25, -0.2) is 17.5 Å². The highest BCUT2D eigenvalue weighted by Crippen LogP contribution is 2.23. The van der Waals surface area contributed by atoms with E-state index in [1.807, 2.05) is 13.8 Å². The molecule has 6 nitrogen and oxygen atoms in total. The third-order valence-electron chi connectivity index (χ3n) is 4.65. The Labute approximate surface area is 175 Å². The molecule has 0 aliphatic rings. The maximum atomic E-state index is 13.2. The SMILES string of the molecule is CC(C)c1c(C(=O)NCCCS(=O)(=O)c2ccccc2)cnn1-c1ccc(F)cc1. The number of sulfone groups is 1. The Morgan fingerprint density at radius 3 is 2.40 bits per heavy atom. The fourth-order valence-corrected chi connectivity index (χ4v) is 4.51. The van der Waals surface area contributed by atoms with Crippen LogP contribution in [0.1, 0.15) is 42.2 Å². The van der Waals surface area contributed by atoms with Crippen LogP contribution in [-0.2, 0) is 9.84 Å². The third-order valence-corrected chi connectivity index (χ3v) is 6.46. The second kappa shape index (κ2) is 9.21. The van der Waals surface area contributed by atoms with Crippen molar-refractivity contribution in [2.45, 2.75) is 31.1 Å². The zero-order chi connectivity index (χ0) is 21.7. The van der Waals surface area contributed by atoms with Crippen LogP contribution in [0.5, 0.6) is 0 Å². The van der Waals surface area contributed by atoms with Gasteiger partial charge < -0.3 is 5.32 Å². The number of rotatable bonds is 8. The smallest absolute Gasteiger partial charge is 0.254 e. The summed E-state index contributed by atoms with van der Waals surface area (Å²) in [7, 11) is -3.38. The molecule has 0 atom stereocenters. The zero-order valence-electron chi connectivity index (χ0n) is 16.9. The number of carbonyl (C=O) groups is 1.